The van der Waals surface area contributed by atoms with E-state index in [1.54, 1.807) is 0 Å². The Morgan fingerprint density at radius 2 is 1.78 bits per heavy atom. The Hall–Kier alpha value is -1.66. The Labute approximate surface area is 165 Å². The summed E-state index contributed by atoms with van der Waals surface area (Å²) < 4.78 is 12.5. The smallest absolute Gasteiger partial charge is 0.248 e. The molecule has 3 N–H and O–H groups in total. The Morgan fingerprint density at radius 3 is 2.22 bits per heavy atom. The van der Waals surface area contributed by atoms with Gasteiger partial charge in [-0.25, -0.2) is 4.39 Å². The highest BCUT2D eigenvalue weighted by Gasteiger charge is 2.44. The first-order valence-electron chi connectivity index (χ1n) is 9.27. The third kappa shape index (κ3) is 7.46. The minimum atomic E-state index is -0.689. The number of halogens is 2. The lowest BCUT2D eigenvalue weighted by Crippen LogP contribution is -2.47. The number of hydrogen-bond donors (Lipinski definition) is 2. The van der Waals surface area contributed by atoms with Crippen molar-refractivity contribution in [1.82, 2.24) is 10.2 Å². The van der Waals surface area contributed by atoms with Crippen molar-refractivity contribution in [1.29, 1.82) is 0 Å². The third-order valence-corrected chi connectivity index (χ3v) is 5.12. The van der Waals surface area contributed by atoms with E-state index in [4.69, 9.17) is 17.3 Å². The quantitative estimate of drug-likeness (QED) is 0.821. The zero-order valence-corrected chi connectivity index (χ0v) is 17.0. The van der Waals surface area contributed by atoms with Crippen molar-refractivity contribution >= 4 is 23.4 Å². The molecule has 3 rings (SSSR count). The summed E-state index contributed by atoms with van der Waals surface area (Å²) >= 11 is 5.45. The van der Waals surface area contributed by atoms with Crippen molar-refractivity contribution < 1.29 is 14.0 Å². The average molecular weight is 398 g/mol. The number of nitrogens with two attached hydrogens (primary N) is 1. The number of likely N-dealkylation sites (tertiary alicyclic amines) is 1. The summed E-state index contributed by atoms with van der Waals surface area (Å²) in [7, 11) is 0. The molecule has 27 heavy (non-hydrogen) atoms. The van der Waals surface area contributed by atoms with Crippen molar-refractivity contribution in [3.05, 3.63) is 34.6 Å². The van der Waals surface area contributed by atoms with Crippen LogP contribution in [0.3, 0.4) is 0 Å². The van der Waals surface area contributed by atoms with Gasteiger partial charge in [0.1, 0.15) is 5.82 Å². The first-order valence-corrected chi connectivity index (χ1v) is 9.65. The monoisotopic (exact) mass is 397 g/mol. The number of amides is 2. The summed E-state index contributed by atoms with van der Waals surface area (Å²) in [6.07, 6.45) is 5.45. The SMILES string of the molecule is CC(C)(C)NC(=O)CN1CCC2(CC1)CC2.NC(=O)c1cc(F)cc(Cl)c1. The van der Waals surface area contributed by atoms with Gasteiger partial charge in [0.05, 0.1) is 6.54 Å². The molecule has 0 unspecified atom stereocenters. The van der Waals surface area contributed by atoms with Gasteiger partial charge >= 0.3 is 0 Å². The van der Waals surface area contributed by atoms with Gasteiger partial charge in [-0.15, -0.1) is 0 Å². The summed E-state index contributed by atoms with van der Waals surface area (Å²) in [5.74, 6) is -1.09. The molecule has 1 aliphatic carbocycles. The Morgan fingerprint density at radius 1 is 1.19 bits per heavy atom. The lowest BCUT2D eigenvalue weighted by atomic mass is 9.94. The number of nitrogens with one attached hydrogen (secondary N) is 1. The Kier molecular flexibility index (Phi) is 6.87. The van der Waals surface area contributed by atoms with Gasteiger partial charge in [0.2, 0.25) is 11.8 Å². The molecule has 1 aromatic carbocycles. The number of nitrogens with zero attached hydrogens (tertiary/aromatic N) is 1. The van der Waals surface area contributed by atoms with Gasteiger partial charge in [-0.1, -0.05) is 11.6 Å². The van der Waals surface area contributed by atoms with Gasteiger partial charge < -0.3 is 11.1 Å². The van der Waals surface area contributed by atoms with Gasteiger partial charge in [0.25, 0.3) is 0 Å². The molecular formula is C20H29ClFN3O2. The highest BCUT2D eigenvalue weighted by Crippen LogP contribution is 2.53. The fourth-order valence-corrected chi connectivity index (χ4v) is 3.44. The Balaban J connectivity index is 0.000000208. The van der Waals surface area contributed by atoms with Crippen LogP contribution in [-0.2, 0) is 4.79 Å². The highest BCUT2D eigenvalue weighted by atomic mass is 35.5. The fourth-order valence-electron chi connectivity index (χ4n) is 3.22. The van der Waals surface area contributed by atoms with Crippen LogP contribution in [0.4, 0.5) is 4.39 Å². The summed E-state index contributed by atoms with van der Waals surface area (Å²) in [6.45, 7) is 8.88. The van der Waals surface area contributed by atoms with E-state index in [0.717, 1.165) is 25.2 Å². The summed E-state index contributed by atoms with van der Waals surface area (Å²) in [4.78, 5) is 24.5. The van der Waals surface area contributed by atoms with Gasteiger partial charge in [-0.2, -0.15) is 0 Å². The summed E-state index contributed by atoms with van der Waals surface area (Å²) in [5.41, 5.74) is 5.56. The standard InChI is InChI=1S/C13H24N2O.C7H5ClFNO/c1-12(2,3)14-11(16)10-15-8-6-13(4-5-13)7-9-15;8-5-1-4(7(10)11)2-6(9)3-5/h4-10H2,1-3H3,(H,14,16);1-3H,(H2,10,11). The number of carbonyl (C=O) groups is 2. The second kappa shape index (κ2) is 8.57. The van der Waals surface area contributed by atoms with Gasteiger partial charge in [-0.3, -0.25) is 14.5 Å². The molecule has 150 valence electrons. The molecule has 0 radical (unpaired) electrons. The molecule has 2 fully saturated rings. The molecule has 0 bridgehead atoms. The maximum atomic E-state index is 12.5. The normalized spacial score (nSPS) is 18.4. The van der Waals surface area contributed by atoms with E-state index < -0.39 is 11.7 Å². The Bertz CT molecular complexity index is 669. The first-order chi connectivity index (χ1) is 12.5. The summed E-state index contributed by atoms with van der Waals surface area (Å²) in [6, 6.07) is 3.45. The average Bonchev–Trinajstić information content (AvgIpc) is 3.27. The van der Waals surface area contributed by atoms with Crippen molar-refractivity contribution in [3.8, 4) is 0 Å². The lowest BCUT2D eigenvalue weighted by molar-refractivity contribution is -0.124. The highest BCUT2D eigenvalue weighted by molar-refractivity contribution is 6.30. The molecule has 1 heterocycles. The van der Waals surface area contributed by atoms with Crippen LogP contribution in [0.15, 0.2) is 18.2 Å². The number of primary amides is 1. The van der Waals surface area contributed by atoms with Crippen molar-refractivity contribution in [2.75, 3.05) is 19.6 Å². The zero-order chi connectivity index (χ0) is 20.2. The molecule has 1 saturated heterocycles. The largest absolute Gasteiger partial charge is 0.366 e. The van der Waals surface area contributed by atoms with Crippen molar-refractivity contribution in [2.45, 2.75) is 52.0 Å². The maximum absolute atomic E-state index is 12.5. The molecule has 7 heteroatoms. The lowest BCUT2D eigenvalue weighted by Gasteiger charge is -2.32. The van der Waals surface area contributed by atoms with E-state index in [-0.39, 0.29) is 22.0 Å². The van der Waals surface area contributed by atoms with Crippen LogP contribution in [0.25, 0.3) is 0 Å². The van der Waals surface area contributed by atoms with Gasteiger partial charge in [0, 0.05) is 16.1 Å². The van der Waals surface area contributed by atoms with Gasteiger partial charge in [0.15, 0.2) is 0 Å². The zero-order valence-electron chi connectivity index (χ0n) is 16.3. The maximum Gasteiger partial charge on any atom is 0.248 e. The van der Waals surface area contributed by atoms with Crippen LogP contribution in [-0.4, -0.2) is 41.9 Å². The number of benzene rings is 1. The predicted molar refractivity (Wildman–Crippen MR) is 105 cm³/mol. The molecule has 2 aliphatic rings. The molecule has 5 nitrogen and oxygen atoms in total. The molecule has 2 amide bonds. The second-order valence-electron chi connectivity index (χ2n) is 8.60. The molecule has 1 spiro atoms. The molecule has 0 atom stereocenters. The third-order valence-electron chi connectivity index (χ3n) is 4.90. The van der Waals surface area contributed by atoms with Crippen molar-refractivity contribution in [2.24, 2.45) is 11.1 Å². The number of piperidine rings is 1. The van der Waals surface area contributed by atoms with Crippen LogP contribution in [0.2, 0.25) is 5.02 Å². The topological polar surface area (TPSA) is 75.4 Å². The van der Waals surface area contributed by atoms with E-state index in [1.165, 1.54) is 31.7 Å². The fraction of sp³-hybridized carbons (Fsp3) is 0.600. The van der Waals surface area contributed by atoms with Crippen LogP contribution in [0, 0.1) is 11.2 Å². The van der Waals surface area contributed by atoms with E-state index in [1.807, 2.05) is 20.8 Å². The first kappa shape index (κ1) is 21.6. The summed E-state index contributed by atoms with van der Waals surface area (Å²) in [5, 5.41) is 3.19. The minimum absolute atomic E-state index is 0.0787. The number of rotatable bonds is 3. The molecule has 0 aromatic heterocycles. The second-order valence-corrected chi connectivity index (χ2v) is 9.03. The van der Waals surface area contributed by atoms with Crippen molar-refractivity contribution in [3.63, 3.8) is 0 Å². The minimum Gasteiger partial charge on any atom is -0.366 e. The van der Waals surface area contributed by atoms with E-state index in [0.29, 0.717) is 12.0 Å². The van der Waals surface area contributed by atoms with E-state index in [9.17, 15) is 14.0 Å². The predicted octanol–water partition coefficient (Wildman–Crippen LogP) is 3.36. The molecule has 1 saturated carbocycles. The molecule has 1 aliphatic heterocycles. The molecule has 1 aromatic rings. The number of hydrogen-bond acceptors (Lipinski definition) is 3. The van der Waals surface area contributed by atoms with Crippen LogP contribution < -0.4 is 11.1 Å². The van der Waals surface area contributed by atoms with Crippen LogP contribution >= 0.6 is 11.6 Å². The molecular weight excluding hydrogens is 369 g/mol. The number of carbonyl (C=O) groups excluding carboxylic acids is 2. The van der Waals surface area contributed by atoms with E-state index >= 15 is 0 Å². The van der Waals surface area contributed by atoms with Crippen LogP contribution in [0.5, 0.6) is 0 Å². The van der Waals surface area contributed by atoms with Crippen LogP contribution in [0.1, 0.15) is 56.8 Å². The van der Waals surface area contributed by atoms with Gasteiger partial charge in [-0.05, 0) is 83.2 Å². The van der Waals surface area contributed by atoms with E-state index in [2.05, 4.69) is 10.2 Å².